The summed E-state index contributed by atoms with van der Waals surface area (Å²) in [6.45, 7) is 6.15. The molecule has 1 amide bonds. The highest BCUT2D eigenvalue weighted by atomic mass is 32.1. The van der Waals surface area contributed by atoms with E-state index in [2.05, 4.69) is 28.3 Å². The molecule has 2 aromatic rings. The van der Waals surface area contributed by atoms with Crippen LogP contribution < -0.4 is 11.1 Å². The van der Waals surface area contributed by atoms with Crippen molar-refractivity contribution in [1.82, 2.24) is 9.97 Å². The van der Waals surface area contributed by atoms with Gasteiger partial charge in [0.1, 0.15) is 23.0 Å². The molecule has 0 saturated carbocycles. The molecular weight excluding hydrogens is 272 g/mol. The van der Waals surface area contributed by atoms with Gasteiger partial charge in [-0.1, -0.05) is 27.2 Å². The van der Waals surface area contributed by atoms with Crippen LogP contribution >= 0.6 is 11.3 Å². The van der Waals surface area contributed by atoms with Crippen molar-refractivity contribution < 1.29 is 4.79 Å². The predicted octanol–water partition coefficient (Wildman–Crippen LogP) is 2.57. The number of fused-ring (bicyclic) bond motifs is 1. The van der Waals surface area contributed by atoms with Gasteiger partial charge in [-0.15, -0.1) is 11.3 Å². The molecule has 2 atom stereocenters. The molecule has 0 fully saturated rings. The summed E-state index contributed by atoms with van der Waals surface area (Å²) in [7, 11) is 0. The Morgan fingerprint density at radius 1 is 1.45 bits per heavy atom. The summed E-state index contributed by atoms with van der Waals surface area (Å²) in [5, 5.41) is 4.15. The van der Waals surface area contributed by atoms with Gasteiger partial charge in [0.05, 0.1) is 5.39 Å². The van der Waals surface area contributed by atoms with Crippen LogP contribution in [0.1, 0.15) is 32.1 Å². The number of primary amides is 1. The summed E-state index contributed by atoms with van der Waals surface area (Å²) in [6, 6.07) is 1.67. The molecule has 0 aromatic carbocycles. The van der Waals surface area contributed by atoms with Gasteiger partial charge in [-0.05, 0) is 18.4 Å². The van der Waals surface area contributed by atoms with Crippen molar-refractivity contribution >= 4 is 33.3 Å². The lowest BCUT2D eigenvalue weighted by Crippen LogP contribution is -2.40. The van der Waals surface area contributed by atoms with E-state index in [1.54, 1.807) is 11.3 Å². The van der Waals surface area contributed by atoms with Crippen molar-refractivity contribution in [3.8, 4) is 0 Å². The van der Waals surface area contributed by atoms with Crippen molar-refractivity contribution in [2.75, 3.05) is 5.32 Å². The summed E-state index contributed by atoms with van der Waals surface area (Å²) >= 11 is 1.65. The molecule has 20 heavy (non-hydrogen) atoms. The summed E-state index contributed by atoms with van der Waals surface area (Å²) < 4.78 is 0. The average Bonchev–Trinajstić information content (AvgIpc) is 2.87. The molecule has 108 valence electrons. The van der Waals surface area contributed by atoms with E-state index in [0.717, 1.165) is 23.1 Å². The van der Waals surface area contributed by atoms with Crippen LogP contribution in [0, 0.1) is 5.92 Å². The molecule has 6 heteroatoms. The Hall–Kier alpha value is -1.69. The van der Waals surface area contributed by atoms with Crippen LogP contribution in [-0.2, 0) is 11.2 Å². The largest absolute Gasteiger partial charge is 0.368 e. The lowest BCUT2D eigenvalue weighted by molar-refractivity contribution is -0.119. The second-order valence-electron chi connectivity index (χ2n) is 4.92. The molecule has 3 N–H and O–H groups in total. The summed E-state index contributed by atoms with van der Waals surface area (Å²) in [5.74, 6) is 0.494. The highest BCUT2D eigenvalue weighted by Crippen LogP contribution is 2.29. The predicted molar refractivity (Wildman–Crippen MR) is 82.9 cm³/mol. The third kappa shape index (κ3) is 2.90. The molecule has 2 rings (SSSR count). The van der Waals surface area contributed by atoms with Gasteiger partial charge < -0.3 is 11.1 Å². The maximum Gasteiger partial charge on any atom is 0.240 e. The van der Waals surface area contributed by atoms with Crippen LogP contribution in [0.15, 0.2) is 12.4 Å². The van der Waals surface area contributed by atoms with Gasteiger partial charge >= 0.3 is 0 Å². The average molecular weight is 292 g/mol. The number of hydrogen-bond acceptors (Lipinski definition) is 5. The number of thiophene rings is 1. The number of carbonyl (C=O) groups excluding carboxylic acids is 1. The first-order valence-corrected chi connectivity index (χ1v) is 7.67. The van der Waals surface area contributed by atoms with E-state index in [9.17, 15) is 4.79 Å². The van der Waals surface area contributed by atoms with E-state index in [-0.39, 0.29) is 11.8 Å². The van der Waals surface area contributed by atoms with E-state index >= 15 is 0 Å². The summed E-state index contributed by atoms with van der Waals surface area (Å²) in [6.07, 6.45) is 3.36. The first kappa shape index (κ1) is 14.7. The van der Waals surface area contributed by atoms with Crippen LogP contribution in [0.5, 0.6) is 0 Å². The first-order valence-electron chi connectivity index (χ1n) is 6.86. The van der Waals surface area contributed by atoms with Crippen LogP contribution in [0.25, 0.3) is 10.2 Å². The lowest BCUT2D eigenvalue weighted by Gasteiger charge is -2.21. The Kier molecular flexibility index (Phi) is 4.54. The third-order valence-corrected chi connectivity index (χ3v) is 4.73. The molecule has 0 spiro atoms. The van der Waals surface area contributed by atoms with Crippen molar-refractivity contribution in [1.29, 1.82) is 0 Å². The molecule has 2 aromatic heterocycles. The van der Waals surface area contributed by atoms with Crippen molar-refractivity contribution in [3.05, 3.63) is 17.3 Å². The fraction of sp³-hybridized carbons (Fsp3) is 0.500. The van der Waals surface area contributed by atoms with Crippen LogP contribution in [-0.4, -0.2) is 21.9 Å². The molecule has 0 bridgehead atoms. The molecular formula is C14H20N4OS. The first-order chi connectivity index (χ1) is 9.56. The van der Waals surface area contributed by atoms with Gasteiger partial charge in [-0.3, -0.25) is 4.79 Å². The monoisotopic (exact) mass is 292 g/mol. The second-order valence-corrected chi connectivity index (χ2v) is 6.03. The minimum Gasteiger partial charge on any atom is -0.368 e. The number of carbonyl (C=O) groups is 1. The Balaban J connectivity index is 2.36. The molecule has 2 heterocycles. The highest BCUT2D eigenvalue weighted by molar-refractivity contribution is 7.18. The van der Waals surface area contributed by atoms with Gasteiger partial charge in [-0.2, -0.15) is 0 Å². The molecule has 0 aliphatic rings. The fourth-order valence-electron chi connectivity index (χ4n) is 2.07. The number of rotatable bonds is 6. The zero-order chi connectivity index (χ0) is 14.7. The maximum atomic E-state index is 11.6. The van der Waals surface area contributed by atoms with Crippen molar-refractivity contribution in [2.24, 2.45) is 11.7 Å². The van der Waals surface area contributed by atoms with Crippen molar-refractivity contribution in [2.45, 2.75) is 39.7 Å². The lowest BCUT2D eigenvalue weighted by atomic mass is 9.98. The Labute approximate surface area is 122 Å². The normalized spacial score (nSPS) is 14.2. The van der Waals surface area contributed by atoms with Crippen LogP contribution in [0.4, 0.5) is 5.82 Å². The van der Waals surface area contributed by atoms with Gasteiger partial charge in [0.15, 0.2) is 0 Å². The molecule has 0 aliphatic carbocycles. The standard InChI is InChI=1S/C14H20N4OS/c1-4-8(3)11(12(15)19)18-13-10-6-9(5-2)20-14(10)17-7-16-13/h6-8,11H,4-5H2,1-3H3,(H2,15,19)(H,16,17,18)/t8-,11-/m0/s1. The minimum atomic E-state index is -0.414. The number of nitrogens with zero attached hydrogens (tertiary/aromatic N) is 2. The number of anilines is 1. The Bertz CT molecular complexity index is 610. The Morgan fingerprint density at radius 2 is 2.20 bits per heavy atom. The van der Waals surface area contributed by atoms with Crippen LogP contribution in [0.2, 0.25) is 0 Å². The van der Waals surface area contributed by atoms with E-state index in [4.69, 9.17) is 5.73 Å². The van der Waals surface area contributed by atoms with E-state index in [0.29, 0.717) is 5.82 Å². The van der Waals surface area contributed by atoms with E-state index in [1.165, 1.54) is 11.2 Å². The topological polar surface area (TPSA) is 80.9 Å². The number of nitrogens with one attached hydrogen (secondary N) is 1. The minimum absolute atomic E-state index is 0.154. The maximum absolute atomic E-state index is 11.6. The van der Waals surface area contributed by atoms with Crippen LogP contribution in [0.3, 0.4) is 0 Å². The SMILES string of the molecule is CCc1cc2c(N[C@H](C(N)=O)[C@@H](C)CC)ncnc2s1. The van der Waals surface area contributed by atoms with E-state index in [1.807, 2.05) is 13.8 Å². The van der Waals surface area contributed by atoms with Crippen molar-refractivity contribution in [3.63, 3.8) is 0 Å². The van der Waals surface area contributed by atoms with Gasteiger partial charge in [-0.25, -0.2) is 9.97 Å². The van der Waals surface area contributed by atoms with Gasteiger partial charge in [0.2, 0.25) is 5.91 Å². The molecule has 0 saturated heterocycles. The van der Waals surface area contributed by atoms with Gasteiger partial charge in [0.25, 0.3) is 0 Å². The zero-order valence-electron chi connectivity index (χ0n) is 12.0. The number of amides is 1. The molecule has 0 unspecified atom stereocenters. The molecule has 0 radical (unpaired) electrons. The number of aryl methyl sites for hydroxylation is 1. The highest BCUT2D eigenvalue weighted by Gasteiger charge is 2.23. The summed E-state index contributed by atoms with van der Waals surface area (Å²) in [4.78, 5) is 22.4. The number of hydrogen-bond donors (Lipinski definition) is 2. The number of nitrogens with two attached hydrogens (primary N) is 1. The quantitative estimate of drug-likeness (QED) is 0.857. The smallest absolute Gasteiger partial charge is 0.240 e. The second kappa shape index (κ2) is 6.17. The molecule has 5 nitrogen and oxygen atoms in total. The zero-order valence-corrected chi connectivity index (χ0v) is 12.8. The number of aromatic nitrogens is 2. The summed E-state index contributed by atoms with van der Waals surface area (Å²) in [5.41, 5.74) is 5.49. The van der Waals surface area contributed by atoms with Gasteiger partial charge in [0, 0.05) is 4.88 Å². The Morgan fingerprint density at radius 3 is 2.80 bits per heavy atom. The fourth-order valence-corrected chi connectivity index (χ4v) is 3.01. The molecule has 0 aliphatic heterocycles. The van der Waals surface area contributed by atoms with E-state index < -0.39 is 6.04 Å². The third-order valence-electron chi connectivity index (χ3n) is 3.54.